The SMILES string of the molecule is C=CC(=O)Nc1cc(Nc2nc(-c3ccnc(N4CCn5c(cc6c5CC(C)(C)C6)C4=O)c3CO)cnc2OC)ccc1N1CCN(C2CCN(c3ccc4c(c3)C(=O)N(c3ccnc(C5(C)CCOCC5)c3)C4=O)[C@H](C)C2)C[C@@H]1C. The highest BCUT2D eigenvalue weighted by Gasteiger charge is 2.42. The van der Waals surface area contributed by atoms with Gasteiger partial charge in [-0.2, -0.15) is 0 Å². The topological polar surface area (TPSA) is 204 Å². The molecular weight excluding hydrogens is 1020 g/mol. The Labute approximate surface area is 472 Å². The lowest BCUT2D eigenvalue weighted by Crippen LogP contribution is -2.58. The van der Waals surface area contributed by atoms with E-state index in [2.05, 4.69) is 86.0 Å². The van der Waals surface area contributed by atoms with Gasteiger partial charge in [0, 0.05) is 122 Å². The van der Waals surface area contributed by atoms with Gasteiger partial charge in [-0.05, 0) is 130 Å². The number of carbonyl (C=O) groups is 4. The van der Waals surface area contributed by atoms with Crippen LogP contribution in [0.15, 0.2) is 91.9 Å². The molecule has 1 unspecified atom stereocenters. The summed E-state index contributed by atoms with van der Waals surface area (Å²) in [6.07, 6.45) is 11.5. The Morgan fingerprint density at radius 1 is 0.840 bits per heavy atom. The number of fused-ring (bicyclic) bond motifs is 4. The highest BCUT2D eigenvalue weighted by Crippen LogP contribution is 2.43. The van der Waals surface area contributed by atoms with Crippen molar-refractivity contribution in [1.82, 2.24) is 29.4 Å². The fraction of sp³-hybridized carbons (Fsp3) is 0.419. The van der Waals surface area contributed by atoms with Gasteiger partial charge in [-0.25, -0.2) is 19.9 Å². The Hall–Kier alpha value is -8.00. The van der Waals surface area contributed by atoms with E-state index in [4.69, 9.17) is 14.5 Å². The zero-order valence-corrected chi connectivity index (χ0v) is 47.0. The molecule has 19 heteroatoms. The van der Waals surface area contributed by atoms with E-state index in [0.29, 0.717) is 94.7 Å². The van der Waals surface area contributed by atoms with Gasteiger partial charge >= 0.3 is 0 Å². The molecule has 3 atom stereocenters. The zero-order valence-electron chi connectivity index (χ0n) is 47.0. The molecule has 0 radical (unpaired) electrons. The number of methoxy groups -OCH3 is 1. The number of piperidine rings is 1. The lowest BCUT2D eigenvalue weighted by molar-refractivity contribution is -0.111. The van der Waals surface area contributed by atoms with Crippen LogP contribution in [0.2, 0.25) is 0 Å². The number of aromatic nitrogens is 5. The van der Waals surface area contributed by atoms with Crippen LogP contribution >= 0.6 is 0 Å². The molecule has 0 bridgehead atoms. The summed E-state index contributed by atoms with van der Waals surface area (Å²) in [6.45, 7) is 20.0. The molecular formula is C62H70N12O7. The number of nitrogens with one attached hydrogen (secondary N) is 2. The molecule has 2 aromatic carbocycles. The van der Waals surface area contributed by atoms with Crippen molar-refractivity contribution in [2.75, 3.05) is 83.3 Å². The van der Waals surface area contributed by atoms with Crippen LogP contribution in [0.4, 0.5) is 40.1 Å². The van der Waals surface area contributed by atoms with E-state index in [9.17, 15) is 24.3 Å². The molecule has 5 aliphatic heterocycles. The molecule has 3 saturated heterocycles. The number of carbonyl (C=O) groups excluding carboxylic acids is 4. The largest absolute Gasteiger partial charge is 0.478 e. The Morgan fingerprint density at radius 2 is 1.64 bits per heavy atom. The average molecular weight is 1100 g/mol. The Bertz CT molecular complexity index is 3520. The van der Waals surface area contributed by atoms with Gasteiger partial charge in [0.25, 0.3) is 23.6 Å². The number of rotatable bonds is 13. The fourth-order valence-corrected chi connectivity index (χ4v) is 13.4. The molecule has 81 heavy (non-hydrogen) atoms. The molecule has 420 valence electrons. The predicted molar refractivity (Wildman–Crippen MR) is 311 cm³/mol. The third kappa shape index (κ3) is 9.77. The summed E-state index contributed by atoms with van der Waals surface area (Å²) in [4.78, 5) is 84.2. The number of pyridine rings is 2. The second-order valence-corrected chi connectivity index (χ2v) is 23.6. The maximum atomic E-state index is 14.1. The number of ether oxygens (including phenoxy) is 2. The summed E-state index contributed by atoms with van der Waals surface area (Å²) >= 11 is 0. The van der Waals surface area contributed by atoms with Gasteiger partial charge in [0.2, 0.25) is 5.91 Å². The molecule has 0 saturated carbocycles. The second-order valence-electron chi connectivity index (χ2n) is 23.6. The normalized spacial score (nSPS) is 21.4. The molecule has 19 nitrogen and oxygen atoms in total. The van der Waals surface area contributed by atoms with Crippen LogP contribution in [-0.4, -0.2) is 129 Å². The molecule has 4 aromatic heterocycles. The van der Waals surface area contributed by atoms with E-state index in [1.165, 1.54) is 29.3 Å². The second kappa shape index (κ2) is 21.1. The summed E-state index contributed by atoms with van der Waals surface area (Å²) in [5, 5.41) is 17.3. The lowest BCUT2D eigenvalue weighted by atomic mass is 9.79. The minimum atomic E-state index is -0.389. The monoisotopic (exact) mass is 1090 g/mol. The molecule has 0 spiro atoms. The minimum absolute atomic E-state index is 0.0945. The summed E-state index contributed by atoms with van der Waals surface area (Å²) in [5.74, 6) is -0.221. The van der Waals surface area contributed by atoms with Gasteiger partial charge in [-0.15, -0.1) is 0 Å². The highest BCUT2D eigenvalue weighted by molar-refractivity contribution is 6.34. The Kier molecular flexibility index (Phi) is 14.0. The van der Waals surface area contributed by atoms with Crippen molar-refractivity contribution in [3.05, 3.63) is 131 Å². The number of piperazine rings is 1. The smallest absolute Gasteiger partial charge is 0.276 e. The first kappa shape index (κ1) is 53.6. The fourth-order valence-electron chi connectivity index (χ4n) is 13.4. The van der Waals surface area contributed by atoms with Gasteiger partial charge < -0.3 is 39.6 Å². The standard InChI is InChI=1S/C62H70N12O7/c1-8-54(76)67-48-29-40(66-55-57(80-7)65-34-49(68-55)44-14-19-64-56(47(44)36-75)73-24-23-72-51(60(73)79)28-39-32-61(4,5)33-52(39)72)9-12-50(48)71-22-21-69(35-38(71)3)41-15-20-70(37(2)27-41)42-10-11-45-46(30-42)59(78)74(58(45)77)43-13-18-63-53(31-43)62(6)16-25-81-26-17-62/h8-14,18-19,28-31,34,37-38,41,75H,1,15-17,20-27,32-33,35-36H2,2-7H3,(H,66,68)(H,67,76)/t37-,38+,41?/m1/s1. The molecule has 3 N–H and O–H groups in total. The van der Waals surface area contributed by atoms with Gasteiger partial charge in [0.15, 0.2) is 5.82 Å². The van der Waals surface area contributed by atoms with Crippen LogP contribution < -0.4 is 35.0 Å². The van der Waals surface area contributed by atoms with Gasteiger partial charge in [-0.3, -0.25) is 34.0 Å². The van der Waals surface area contributed by atoms with Crippen LogP contribution in [0.3, 0.4) is 0 Å². The maximum absolute atomic E-state index is 14.1. The molecule has 4 amide bonds. The highest BCUT2D eigenvalue weighted by atomic mass is 16.5. The van der Waals surface area contributed by atoms with Crippen molar-refractivity contribution in [2.45, 2.75) is 110 Å². The number of aliphatic hydroxyl groups is 1. The number of amides is 4. The third-order valence-corrected chi connectivity index (χ3v) is 17.7. The van der Waals surface area contributed by atoms with Crippen LogP contribution in [-0.2, 0) is 40.9 Å². The van der Waals surface area contributed by atoms with Crippen molar-refractivity contribution < 1.29 is 33.8 Å². The van der Waals surface area contributed by atoms with Crippen molar-refractivity contribution in [3.8, 4) is 17.1 Å². The minimum Gasteiger partial charge on any atom is -0.478 e. The molecule has 6 aromatic rings. The van der Waals surface area contributed by atoms with Crippen molar-refractivity contribution in [1.29, 1.82) is 0 Å². The molecule has 6 aliphatic rings. The Morgan fingerprint density at radius 3 is 2.41 bits per heavy atom. The van der Waals surface area contributed by atoms with Gasteiger partial charge in [-0.1, -0.05) is 27.4 Å². The van der Waals surface area contributed by atoms with E-state index >= 15 is 0 Å². The molecule has 9 heterocycles. The van der Waals surface area contributed by atoms with E-state index < -0.39 is 0 Å². The number of nitrogens with zero attached hydrogens (tertiary/aromatic N) is 10. The van der Waals surface area contributed by atoms with Crippen molar-refractivity contribution >= 4 is 63.7 Å². The van der Waals surface area contributed by atoms with Gasteiger partial charge in [0.1, 0.15) is 11.5 Å². The Balaban J connectivity index is 0.719. The molecule has 12 rings (SSSR count). The molecule has 3 fully saturated rings. The van der Waals surface area contributed by atoms with E-state index in [0.717, 1.165) is 81.8 Å². The van der Waals surface area contributed by atoms with E-state index in [1.807, 2.05) is 42.5 Å². The lowest BCUT2D eigenvalue weighted by Gasteiger charge is -2.48. The van der Waals surface area contributed by atoms with Crippen LogP contribution in [0.25, 0.3) is 11.3 Å². The van der Waals surface area contributed by atoms with Gasteiger partial charge in [0.05, 0.1) is 53.8 Å². The zero-order chi connectivity index (χ0) is 56.5. The summed E-state index contributed by atoms with van der Waals surface area (Å²) in [6, 6.07) is 19.5. The number of benzene rings is 2. The summed E-state index contributed by atoms with van der Waals surface area (Å²) in [7, 11) is 1.51. The summed E-state index contributed by atoms with van der Waals surface area (Å²) in [5.41, 5.74) is 9.78. The first-order valence-electron chi connectivity index (χ1n) is 28.3. The van der Waals surface area contributed by atoms with Crippen molar-refractivity contribution in [3.63, 3.8) is 0 Å². The predicted octanol–water partition coefficient (Wildman–Crippen LogP) is 8.33. The third-order valence-electron chi connectivity index (χ3n) is 17.7. The summed E-state index contributed by atoms with van der Waals surface area (Å²) < 4.78 is 13.5. The van der Waals surface area contributed by atoms with E-state index in [-0.39, 0.29) is 59.0 Å². The van der Waals surface area contributed by atoms with Crippen LogP contribution in [0.5, 0.6) is 5.88 Å². The van der Waals surface area contributed by atoms with Crippen LogP contribution in [0, 0.1) is 5.41 Å². The van der Waals surface area contributed by atoms with E-state index in [1.54, 1.807) is 41.7 Å². The first-order valence-corrected chi connectivity index (χ1v) is 28.3. The number of aliphatic hydroxyl groups excluding tert-OH is 1. The average Bonchev–Trinajstić information content (AvgIpc) is 4.15. The maximum Gasteiger partial charge on any atom is 0.276 e. The quantitative estimate of drug-likeness (QED) is 0.0735. The number of imide groups is 1. The van der Waals surface area contributed by atoms with Crippen LogP contribution in [0.1, 0.15) is 114 Å². The first-order chi connectivity index (χ1) is 39.0. The van der Waals surface area contributed by atoms with Crippen molar-refractivity contribution in [2.24, 2.45) is 5.41 Å². The molecule has 1 aliphatic carbocycles. The number of anilines is 7. The number of hydrogen-bond acceptors (Lipinski definition) is 15. The number of hydrogen-bond donors (Lipinski definition) is 3.